The zero-order chi connectivity index (χ0) is 10.7. The second kappa shape index (κ2) is 3.95. The monoisotopic (exact) mass is 205 g/mol. The predicted molar refractivity (Wildman–Crippen MR) is 54.3 cm³/mol. The van der Waals surface area contributed by atoms with Crippen LogP contribution in [0.3, 0.4) is 0 Å². The first-order chi connectivity index (χ1) is 7.28. The molecule has 78 valence electrons. The third-order valence-corrected chi connectivity index (χ3v) is 1.87. The summed E-state index contributed by atoms with van der Waals surface area (Å²) in [5, 5.41) is 3.96. The van der Waals surface area contributed by atoms with Gasteiger partial charge in [-0.15, -0.1) is 5.10 Å². The van der Waals surface area contributed by atoms with Gasteiger partial charge >= 0.3 is 0 Å². The summed E-state index contributed by atoms with van der Waals surface area (Å²) >= 11 is 0. The fraction of sp³-hybridized carbons (Fsp3) is 0.222. The summed E-state index contributed by atoms with van der Waals surface area (Å²) in [6, 6.07) is 5.56. The van der Waals surface area contributed by atoms with Crippen molar-refractivity contribution in [1.82, 2.24) is 19.7 Å². The highest BCUT2D eigenvalue weighted by Gasteiger charge is 2.00. The molecular weight excluding hydrogens is 194 g/mol. The van der Waals surface area contributed by atoms with Crippen molar-refractivity contribution in [3.8, 4) is 5.88 Å². The Hall–Kier alpha value is -2.11. The van der Waals surface area contributed by atoms with E-state index in [0.717, 1.165) is 5.69 Å². The molecule has 6 nitrogen and oxygen atoms in total. The molecule has 6 heteroatoms. The Balaban J connectivity index is 2.16. The van der Waals surface area contributed by atoms with Crippen LogP contribution in [0.4, 0.5) is 5.95 Å². The van der Waals surface area contributed by atoms with Gasteiger partial charge < -0.3 is 10.5 Å². The van der Waals surface area contributed by atoms with Crippen molar-refractivity contribution >= 4 is 5.95 Å². The predicted octanol–water partition coefficient (Wildman–Crippen LogP) is 0.312. The van der Waals surface area contributed by atoms with Crippen LogP contribution in [0, 0.1) is 0 Å². The van der Waals surface area contributed by atoms with Crippen LogP contribution in [0.15, 0.2) is 24.5 Å². The molecule has 0 bridgehead atoms. The lowest BCUT2D eigenvalue weighted by atomic mass is 10.3. The van der Waals surface area contributed by atoms with Crippen molar-refractivity contribution in [2.24, 2.45) is 0 Å². The summed E-state index contributed by atoms with van der Waals surface area (Å²) in [5.41, 5.74) is 6.25. The Morgan fingerprint density at radius 1 is 1.47 bits per heavy atom. The van der Waals surface area contributed by atoms with E-state index >= 15 is 0 Å². The molecule has 0 saturated carbocycles. The minimum absolute atomic E-state index is 0.262. The number of nitrogen functional groups attached to an aromatic ring is 1. The lowest BCUT2D eigenvalue weighted by molar-refractivity contribution is 0.395. The van der Waals surface area contributed by atoms with E-state index in [9.17, 15) is 0 Å². The highest BCUT2D eigenvalue weighted by Crippen LogP contribution is 2.07. The Bertz CT molecular complexity index is 453. The largest absolute Gasteiger partial charge is 0.481 e. The first-order valence-corrected chi connectivity index (χ1v) is 4.43. The molecule has 2 heterocycles. The molecule has 0 radical (unpaired) electrons. The van der Waals surface area contributed by atoms with Crippen molar-refractivity contribution < 1.29 is 4.74 Å². The van der Waals surface area contributed by atoms with E-state index in [2.05, 4.69) is 15.1 Å². The SMILES string of the molecule is COc1cccc(Cn2cnc(N)n2)n1. The number of pyridine rings is 1. The number of nitrogens with two attached hydrogens (primary N) is 1. The fourth-order valence-corrected chi connectivity index (χ4v) is 1.21. The van der Waals surface area contributed by atoms with E-state index in [1.807, 2.05) is 12.1 Å². The van der Waals surface area contributed by atoms with Crippen LogP contribution < -0.4 is 10.5 Å². The molecule has 2 aromatic heterocycles. The average molecular weight is 205 g/mol. The zero-order valence-electron chi connectivity index (χ0n) is 8.29. The van der Waals surface area contributed by atoms with Gasteiger partial charge in [0.15, 0.2) is 0 Å². The van der Waals surface area contributed by atoms with E-state index in [-0.39, 0.29) is 5.95 Å². The van der Waals surface area contributed by atoms with Gasteiger partial charge in [-0.05, 0) is 6.07 Å². The van der Waals surface area contributed by atoms with Gasteiger partial charge in [-0.1, -0.05) is 6.07 Å². The number of ether oxygens (including phenoxy) is 1. The minimum Gasteiger partial charge on any atom is -0.481 e. The smallest absolute Gasteiger partial charge is 0.239 e. The van der Waals surface area contributed by atoms with Gasteiger partial charge in [0.05, 0.1) is 19.3 Å². The van der Waals surface area contributed by atoms with Crippen molar-refractivity contribution in [3.63, 3.8) is 0 Å². The molecule has 0 saturated heterocycles. The summed E-state index contributed by atoms with van der Waals surface area (Å²) in [6.07, 6.45) is 1.57. The van der Waals surface area contributed by atoms with Gasteiger partial charge in [-0.25, -0.2) is 14.6 Å². The summed E-state index contributed by atoms with van der Waals surface area (Å²) in [7, 11) is 1.58. The molecule has 0 fully saturated rings. The van der Waals surface area contributed by atoms with Crippen LogP contribution in [-0.2, 0) is 6.54 Å². The van der Waals surface area contributed by atoms with Crippen molar-refractivity contribution in [2.45, 2.75) is 6.54 Å². The second-order valence-corrected chi connectivity index (χ2v) is 2.97. The quantitative estimate of drug-likeness (QED) is 0.780. The average Bonchev–Trinajstić information content (AvgIpc) is 2.64. The molecule has 2 rings (SSSR count). The van der Waals surface area contributed by atoms with Crippen LogP contribution in [0.1, 0.15) is 5.69 Å². The second-order valence-electron chi connectivity index (χ2n) is 2.97. The maximum Gasteiger partial charge on any atom is 0.239 e. The van der Waals surface area contributed by atoms with Gasteiger partial charge in [0.1, 0.15) is 6.33 Å². The Labute approximate surface area is 86.7 Å². The molecule has 15 heavy (non-hydrogen) atoms. The number of aromatic nitrogens is 4. The molecule has 2 aromatic rings. The molecule has 0 aliphatic heterocycles. The van der Waals surface area contributed by atoms with Crippen molar-refractivity contribution in [1.29, 1.82) is 0 Å². The minimum atomic E-state index is 0.262. The zero-order valence-corrected chi connectivity index (χ0v) is 8.29. The Morgan fingerprint density at radius 3 is 3.00 bits per heavy atom. The summed E-state index contributed by atoms with van der Waals surface area (Å²) in [6.45, 7) is 0.529. The van der Waals surface area contributed by atoms with E-state index in [1.165, 1.54) is 0 Å². The fourth-order valence-electron chi connectivity index (χ4n) is 1.21. The number of anilines is 1. The van der Waals surface area contributed by atoms with Crippen LogP contribution in [0.5, 0.6) is 5.88 Å². The van der Waals surface area contributed by atoms with E-state index in [4.69, 9.17) is 10.5 Å². The van der Waals surface area contributed by atoms with Crippen molar-refractivity contribution in [3.05, 3.63) is 30.2 Å². The van der Waals surface area contributed by atoms with Crippen LogP contribution in [0.25, 0.3) is 0 Å². The molecule has 0 atom stereocenters. The maximum atomic E-state index is 5.40. The van der Waals surface area contributed by atoms with E-state index < -0.39 is 0 Å². The van der Waals surface area contributed by atoms with Crippen LogP contribution >= 0.6 is 0 Å². The summed E-state index contributed by atoms with van der Waals surface area (Å²) in [4.78, 5) is 8.07. The number of rotatable bonds is 3. The lowest BCUT2D eigenvalue weighted by Gasteiger charge is -2.02. The molecular formula is C9H11N5O. The molecule has 0 unspecified atom stereocenters. The number of hydrogen-bond donors (Lipinski definition) is 1. The first-order valence-electron chi connectivity index (χ1n) is 4.43. The van der Waals surface area contributed by atoms with Gasteiger partial charge in [-0.2, -0.15) is 0 Å². The van der Waals surface area contributed by atoms with E-state index in [1.54, 1.807) is 24.2 Å². The van der Waals surface area contributed by atoms with Crippen molar-refractivity contribution in [2.75, 3.05) is 12.8 Å². The van der Waals surface area contributed by atoms with Crippen LogP contribution in [-0.4, -0.2) is 26.9 Å². The van der Waals surface area contributed by atoms with Gasteiger partial charge in [0.2, 0.25) is 11.8 Å². The first kappa shape index (κ1) is 9.45. The Kier molecular flexibility index (Phi) is 2.49. The molecule has 2 N–H and O–H groups in total. The number of nitrogens with zero attached hydrogens (tertiary/aromatic N) is 4. The third-order valence-electron chi connectivity index (χ3n) is 1.87. The Morgan fingerprint density at radius 2 is 2.33 bits per heavy atom. The normalized spacial score (nSPS) is 10.2. The number of methoxy groups -OCH3 is 1. The molecule has 0 aromatic carbocycles. The molecule has 0 aliphatic carbocycles. The highest BCUT2D eigenvalue weighted by molar-refractivity contribution is 5.16. The molecule has 0 spiro atoms. The summed E-state index contributed by atoms with van der Waals surface area (Å²) < 4.78 is 6.64. The number of hydrogen-bond acceptors (Lipinski definition) is 5. The van der Waals surface area contributed by atoms with E-state index in [0.29, 0.717) is 12.4 Å². The highest BCUT2D eigenvalue weighted by atomic mass is 16.5. The van der Waals surface area contributed by atoms with Gasteiger partial charge in [-0.3, -0.25) is 0 Å². The van der Waals surface area contributed by atoms with Gasteiger partial charge in [0.25, 0.3) is 0 Å². The van der Waals surface area contributed by atoms with Crippen LogP contribution in [0.2, 0.25) is 0 Å². The van der Waals surface area contributed by atoms with Gasteiger partial charge in [0, 0.05) is 6.07 Å². The molecule has 0 aliphatic rings. The standard InChI is InChI=1S/C9H11N5O/c1-15-8-4-2-3-7(12-8)5-14-6-11-9(10)13-14/h2-4,6H,5H2,1H3,(H2,10,13). The topological polar surface area (TPSA) is 78.9 Å². The molecule has 0 amide bonds. The lowest BCUT2D eigenvalue weighted by Crippen LogP contribution is -2.03. The maximum absolute atomic E-state index is 5.40. The third kappa shape index (κ3) is 2.22. The summed E-state index contributed by atoms with van der Waals surface area (Å²) in [5.74, 6) is 0.846.